The summed E-state index contributed by atoms with van der Waals surface area (Å²) in [6.45, 7) is 13.0. The summed E-state index contributed by atoms with van der Waals surface area (Å²) in [4.78, 5) is 44.2. The SMILES string of the molecule is CC(C)[C@@H]1CC[C@@H](C)C[C@H]1OC(=O)CCC(=O)O.CC(C)[C@@H]1CC[C@@H](C)C[C@H]1OC(=O)CCCC(=O)O. The predicted octanol–water partition coefficient (Wildman–Crippen LogP) is 6.10. The molecule has 214 valence electrons. The van der Waals surface area contributed by atoms with Crippen molar-refractivity contribution in [2.24, 2.45) is 35.5 Å². The van der Waals surface area contributed by atoms with Gasteiger partial charge >= 0.3 is 23.9 Å². The van der Waals surface area contributed by atoms with Crippen LogP contribution >= 0.6 is 0 Å². The third kappa shape index (κ3) is 13.3. The second-order valence-corrected chi connectivity index (χ2v) is 11.8. The molecule has 0 aromatic heterocycles. The van der Waals surface area contributed by atoms with E-state index in [-0.39, 0.29) is 49.8 Å². The van der Waals surface area contributed by atoms with Crippen LogP contribution in [0.5, 0.6) is 0 Å². The minimum atomic E-state index is -0.954. The van der Waals surface area contributed by atoms with Crippen LogP contribution in [0.25, 0.3) is 0 Å². The summed E-state index contributed by atoms with van der Waals surface area (Å²) >= 11 is 0. The van der Waals surface area contributed by atoms with E-state index in [2.05, 4.69) is 41.5 Å². The Labute approximate surface area is 222 Å². The summed E-state index contributed by atoms with van der Waals surface area (Å²) in [7, 11) is 0. The summed E-state index contributed by atoms with van der Waals surface area (Å²) in [5.74, 6) is 0.620. The summed E-state index contributed by atoms with van der Waals surface area (Å²) < 4.78 is 11.1. The second kappa shape index (κ2) is 16.7. The highest BCUT2D eigenvalue weighted by Gasteiger charge is 2.34. The molecule has 0 aromatic rings. The number of carbonyl (C=O) groups is 4. The van der Waals surface area contributed by atoms with Crippen molar-refractivity contribution in [2.75, 3.05) is 0 Å². The van der Waals surface area contributed by atoms with E-state index in [0.717, 1.165) is 25.7 Å². The van der Waals surface area contributed by atoms with E-state index in [1.54, 1.807) is 0 Å². The molecule has 0 spiro atoms. The largest absolute Gasteiger partial charge is 0.481 e. The highest BCUT2D eigenvalue weighted by atomic mass is 16.5. The van der Waals surface area contributed by atoms with Gasteiger partial charge in [0.1, 0.15) is 12.2 Å². The van der Waals surface area contributed by atoms with E-state index in [4.69, 9.17) is 19.7 Å². The number of carboxylic acids is 2. The number of hydrogen-bond acceptors (Lipinski definition) is 6. The molecule has 2 saturated carbocycles. The van der Waals surface area contributed by atoms with Gasteiger partial charge in [-0.15, -0.1) is 0 Å². The fourth-order valence-corrected chi connectivity index (χ4v) is 5.55. The molecule has 0 saturated heterocycles. The van der Waals surface area contributed by atoms with E-state index in [9.17, 15) is 19.2 Å². The van der Waals surface area contributed by atoms with Crippen molar-refractivity contribution in [1.29, 1.82) is 0 Å². The molecule has 2 aliphatic carbocycles. The van der Waals surface area contributed by atoms with Gasteiger partial charge in [0, 0.05) is 12.8 Å². The molecular weight excluding hydrogens is 476 g/mol. The zero-order valence-electron chi connectivity index (χ0n) is 23.7. The normalized spacial score (nSPS) is 27.7. The standard InChI is InChI=1S/C15H26O4.C14H24O4/c1-10(2)12-8-7-11(3)9-13(12)19-15(18)6-4-5-14(16)17;1-9(2)11-5-4-10(3)8-12(11)18-14(17)7-6-13(15)16/h10-13H,4-9H2,1-3H3,(H,16,17);9-12H,4-8H2,1-3H3,(H,15,16)/t11-,12+,13-;10-,11+,12-/m11/s1. The van der Waals surface area contributed by atoms with Crippen LogP contribution in [0, 0.1) is 35.5 Å². The van der Waals surface area contributed by atoms with Gasteiger partial charge < -0.3 is 19.7 Å². The number of ether oxygens (including phenoxy) is 2. The summed E-state index contributed by atoms with van der Waals surface area (Å²) in [5, 5.41) is 17.1. The molecule has 2 fully saturated rings. The average molecular weight is 527 g/mol. The van der Waals surface area contributed by atoms with Gasteiger partial charge in [0.15, 0.2) is 0 Å². The fourth-order valence-electron chi connectivity index (χ4n) is 5.55. The van der Waals surface area contributed by atoms with Gasteiger partial charge in [-0.05, 0) is 67.6 Å². The zero-order valence-corrected chi connectivity index (χ0v) is 23.7. The van der Waals surface area contributed by atoms with Crippen molar-refractivity contribution < 1.29 is 38.9 Å². The zero-order chi connectivity index (χ0) is 28.1. The number of carbonyl (C=O) groups excluding carboxylic acids is 2. The quantitative estimate of drug-likeness (QED) is 0.309. The van der Waals surface area contributed by atoms with Crippen molar-refractivity contribution in [3.63, 3.8) is 0 Å². The molecule has 0 heterocycles. The van der Waals surface area contributed by atoms with Crippen LogP contribution in [0.4, 0.5) is 0 Å². The molecule has 0 aliphatic heterocycles. The van der Waals surface area contributed by atoms with E-state index in [1.165, 1.54) is 12.8 Å². The highest BCUT2D eigenvalue weighted by Crippen LogP contribution is 2.36. The number of aliphatic carboxylic acids is 2. The van der Waals surface area contributed by atoms with Crippen molar-refractivity contribution in [3.8, 4) is 0 Å². The average Bonchev–Trinajstić information content (AvgIpc) is 2.77. The van der Waals surface area contributed by atoms with Gasteiger partial charge in [-0.25, -0.2) is 0 Å². The number of carboxylic acid groups (broad SMARTS) is 2. The van der Waals surface area contributed by atoms with Crippen LogP contribution in [0.15, 0.2) is 0 Å². The van der Waals surface area contributed by atoms with Gasteiger partial charge in [0.2, 0.25) is 0 Å². The molecule has 37 heavy (non-hydrogen) atoms. The van der Waals surface area contributed by atoms with Crippen molar-refractivity contribution in [1.82, 2.24) is 0 Å². The van der Waals surface area contributed by atoms with Gasteiger partial charge in [0.05, 0.1) is 12.8 Å². The van der Waals surface area contributed by atoms with Gasteiger partial charge in [-0.3, -0.25) is 19.2 Å². The fraction of sp³-hybridized carbons (Fsp3) is 0.862. The highest BCUT2D eigenvalue weighted by molar-refractivity contribution is 5.76. The van der Waals surface area contributed by atoms with Gasteiger partial charge in [-0.2, -0.15) is 0 Å². The Morgan fingerprint density at radius 3 is 1.43 bits per heavy atom. The Morgan fingerprint density at radius 1 is 0.649 bits per heavy atom. The third-order valence-corrected chi connectivity index (χ3v) is 7.80. The molecule has 0 aromatic carbocycles. The Kier molecular flexibility index (Phi) is 14.8. The van der Waals surface area contributed by atoms with Crippen molar-refractivity contribution in [3.05, 3.63) is 0 Å². The van der Waals surface area contributed by atoms with Crippen LogP contribution in [-0.4, -0.2) is 46.3 Å². The summed E-state index contributed by atoms with van der Waals surface area (Å²) in [5.41, 5.74) is 0. The molecule has 2 aliphatic rings. The first-order valence-corrected chi connectivity index (χ1v) is 14.1. The number of rotatable bonds is 11. The lowest BCUT2D eigenvalue weighted by Crippen LogP contribution is -2.35. The van der Waals surface area contributed by atoms with E-state index in [1.807, 2.05) is 0 Å². The maximum Gasteiger partial charge on any atom is 0.306 e. The monoisotopic (exact) mass is 526 g/mol. The first kappa shape index (κ1) is 32.9. The Bertz CT molecular complexity index is 731. The first-order chi connectivity index (χ1) is 17.3. The van der Waals surface area contributed by atoms with E-state index in [0.29, 0.717) is 41.9 Å². The number of esters is 2. The lowest BCUT2D eigenvalue weighted by Gasteiger charge is -2.36. The molecule has 8 heteroatoms. The molecule has 2 rings (SSSR count). The van der Waals surface area contributed by atoms with E-state index >= 15 is 0 Å². The minimum Gasteiger partial charge on any atom is -0.481 e. The summed E-state index contributed by atoms with van der Waals surface area (Å²) in [6, 6.07) is 0. The molecule has 2 N–H and O–H groups in total. The van der Waals surface area contributed by atoms with Crippen molar-refractivity contribution >= 4 is 23.9 Å². The molecule has 0 unspecified atom stereocenters. The Balaban J connectivity index is 0.000000371. The van der Waals surface area contributed by atoms with Crippen LogP contribution in [-0.2, 0) is 28.7 Å². The van der Waals surface area contributed by atoms with Crippen LogP contribution < -0.4 is 0 Å². The first-order valence-electron chi connectivity index (χ1n) is 14.1. The topological polar surface area (TPSA) is 127 Å². The second-order valence-electron chi connectivity index (χ2n) is 11.8. The summed E-state index contributed by atoms with van der Waals surface area (Å²) in [6.07, 6.45) is 6.86. The predicted molar refractivity (Wildman–Crippen MR) is 141 cm³/mol. The van der Waals surface area contributed by atoms with Gasteiger partial charge in [-0.1, -0.05) is 54.4 Å². The maximum atomic E-state index is 11.8. The number of hydrogen-bond donors (Lipinski definition) is 2. The van der Waals surface area contributed by atoms with Crippen molar-refractivity contribution in [2.45, 2.75) is 124 Å². The Morgan fingerprint density at radius 2 is 1.05 bits per heavy atom. The molecule has 0 bridgehead atoms. The lowest BCUT2D eigenvalue weighted by molar-refractivity contribution is -0.158. The molecule has 0 amide bonds. The molecule has 6 atom stereocenters. The van der Waals surface area contributed by atoms with Crippen LogP contribution in [0.1, 0.15) is 112 Å². The molecule has 0 radical (unpaired) electrons. The van der Waals surface area contributed by atoms with E-state index < -0.39 is 11.9 Å². The minimum absolute atomic E-state index is 0.0149. The smallest absolute Gasteiger partial charge is 0.306 e. The van der Waals surface area contributed by atoms with Crippen LogP contribution in [0.2, 0.25) is 0 Å². The molecular formula is C29H50O8. The third-order valence-electron chi connectivity index (χ3n) is 7.80. The lowest BCUT2D eigenvalue weighted by atomic mass is 9.75. The van der Waals surface area contributed by atoms with Gasteiger partial charge in [0.25, 0.3) is 0 Å². The van der Waals surface area contributed by atoms with Crippen LogP contribution in [0.3, 0.4) is 0 Å². The maximum absolute atomic E-state index is 11.8. The molecule has 8 nitrogen and oxygen atoms in total. The Hall–Kier alpha value is -2.12.